The third-order valence-electron chi connectivity index (χ3n) is 4.13. The van der Waals surface area contributed by atoms with Gasteiger partial charge in [0.05, 0.1) is 29.8 Å². The second kappa shape index (κ2) is 6.36. The number of hydrogen-bond donors (Lipinski definition) is 2. The predicted molar refractivity (Wildman–Crippen MR) is 86.5 cm³/mol. The SMILES string of the molecule is CC(C)Cn1c(CN2C[C@H](O)C[C@@H](O)C2)nc2ccccc21. The molecular formula is C17H25N3O2. The van der Waals surface area contributed by atoms with Gasteiger partial charge in [0.15, 0.2) is 0 Å². The smallest absolute Gasteiger partial charge is 0.124 e. The fraction of sp³-hybridized carbons (Fsp3) is 0.588. The van der Waals surface area contributed by atoms with Crippen LogP contribution in [-0.2, 0) is 13.1 Å². The number of rotatable bonds is 4. The van der Waals surface area contributed by atoms with Gasteiger partial charge in [0.1, 0.15) is 5.82 Å². The molecule has 5 nitrogen and oxygen atoms in total. The van der Waals surface area contributed by atoms with E-state index >= 15 is 0 Å². The summed E-state index contributed by atoms with van der Waals surface area (Å²) in [6.45, 7) is 7.19. The average molecular weight is 303 g/mol. The molecule has 2 heterocycles. The third-order valence-corrected chi connectivity index (χ3v) is 4.13. The van der Waals surface area contributed by atoms with Crippen molar-refractivity contribution in [3.8, 4) is 0 Å². The molecule has 22 heavy (non-hydrogen) atoms. The van der Waals surface area contributed by atoms with Gasteiger partial charge >= 0.3 is 0 Å². The zero-order chi connectivity index (χ0) is 15.7. The summed E-state index contributed by atoms with van der Waals surface area (Å²) in [7, 11) is 0. The largest absolute Gasteiger partial charge is 0.392 e. The van der Waals surface area contributed by atoms with E-state index in [1.54, 1.807) is 0 Å². The number of fused-ring (bicyclic) bond motifs is 1. The Morgan fingerprint density at radius 3 is 2.55 bits per heavy atom. The van der Waals surface area contributed by atoms with Crippen LogP contribution in [0.15, 0.2) is 24.3 Å². The molecule has 1 aromatic heterocycles. The fourth-order valence-corrected chi connectivity index (χ4v) is 3.28. The van der Waals surface area contributed by atoms with Crippen LogP contribution in [0.25, 0.3) is 11.0 Å². The molecule has 2 aromatic rings. The molecule has 0 aliphatic carbocycles. The number of piperidine rings is 1. The number of aromatic nitrogens is 2. The van der Waals surface area contributed by atoms with Crippen molar-refractivity contribution in [3.63, 3.8) is 0 Å². The maximum atomic E-state index is 9.85. The number of imidazole rings is 1. The van der Waals surface area contributed by atoms with Crippen LogP contribution in [-0.4, -0.2) is 50.0 Å². The van der Waals surface area contributed by atoms with Gasteiger partial charge in [-0.1, -0.05) is 26.0 Å². The van der Waals surface area contributed by atoms with Crippen molar-refractivity contribution >= 4 is 11.0 Å². The van der Waals surface area contributed by atoms with Crippen molar-refractivity contribution < 1.29 is 10.2 Å². The molecule has 1 aromatic carbocycles. The molecule has 5 heteroatoms. The lowest BCUT2D eigenvalue weighted by Gasteiger charge is -2.33. The molecule has 0 spiro atoms. The van der Waals surface area contributed by atoms with Crippen molar-refractivity contribution in [1.82, 2.24) is 14.5 Å². The summed E-state index contributed by atoms with van der Waals surface area (Å²) in [5.41, 5.74) is 2.17. The Bertz CT molecular complexity index is 628. The van der Waals surface area contributed by atoms with E-state index in [1.165, 1.54) is 0 Å². The number of para-hydroxylation sites is 2. The Morgan fingerprint density at radius 1 is 1.18 bits per heavy atom. The number of hydrogen-bond acceptors (Lipinski definition) is 4. The first-order valence-electron chi connectivity index (χ1n) is 8.05. The third kappa shape index (κ3) is 3.32. The molecular weight excluding hydrogens is 278 g/mol. The van der Waals surface area contributed by atoms with Crippen LogP contribution in [0.3, 0.4) is 0 Å². The van der Waals surface area contributed by atoms with Crippen LogP contribution in [0, 0.1) is 5.92 Å². The molecule has 0 saturated carbocycles. The molecule has 2 atom stereocenters. The van der Waals surface area contributed by atoms with Crippen molar-refractivity contribution in [2.45, 2.75) is 45.6 Å². The zero-order valence-corrected chi connectivity index (χ0v) is 13.3. The molecule has 3 rings (SSSR count). The highest BCUT2D eigenvalue weighted by atomic mass is 16.3. The molecule has 0 radical (unpaired) electrons. The Kier molecular flexibility index (Phi) is 4.47. The maximum absolute atomic E-state index is 9.85. The maximum Gasteiger partial charge on any atom is 0.124 e. The van der Waals surface area contributed by atoms with E-state index in [-0.39, 0.29) is 0 Å². The number of aliphatic hydroxyl groups excluding tert-OH is 2. The summed E-state index contributed by atoms with van der Waals surface area (Å²) in [6, 6.07) is 8.19. The predicted octanol–water partition coefficient (Wildman–Crippen LogP) is 1.62. The lowest BCUT2D eigenvalue weighted by Crippen LogP contribution is -2.45. The lowest BCUT2D eigenvalue weighted by atomic mass is 10.1. The number of nitrogens with zero attached hydrogens (tertiary/aromatic N) is 3. The topological polar surface area (TPSA) is 61.5 Å². The molecule has 0 amide bonds. The first kappa shape index (κ1) is 15.5. The van der Waals surface area contributed by atoms with Crippen LogP contribution in [0.4, 0.5) is 0 Å². The second-order valence-corrected chi connectivity index (χ2v) is 6.76. The standard InChI is InChI=1S/C17H25N3O2/c1-12(2)8-20-16-6-4-3-5-15(16)18-17(20)11-19-9-13(21)7-14(22)10-19/h3-6,12-14,21-22H,7-11H2,1-2H3/t13-,14-/m1/s1. The van der Waals surface area contributed by atoms with E-state index in [2.05, 4.69) is 29.4 Å². The van der Waals surface area contributed by atoms with Gasteiger partial charge in [0.2, 0.25) is 0 Å². The minimum atomic E-state index is -0.452. The van der Waals surface area contributed by atoms with Gasteiger partial charge in [0, 0.05) is 26.1 Å². The molecule has 0 bridgehead atoms. The molecule has 1 aliphatic rings. The van der Waals surface area contributed by atoms with Gasteiger partial charge in [-0.3, -0.25) is 4.90 Å². The Hall–Kier alpha value is -1.43. The average Bonchev–Trinajstić information content (AvgIpc) is 2.75. The highest BCUT2D eigenvalue weighted by Crippen LogP contribution is 2.20. The summed E-state index contributed by atoms with van der Waals surface area (Å²) in [4.78, 5) is 6.86. The van der Waals surface area contributed by atoms with Gasteiger partial charge in [-0.15, -0.1) is 0 Å². The minimum absolute atomic E-state index is 0.452. The molecule has 120 valence electrons. The van der Waals surface area contributed by atoms with Crippen LogP contribution in [0.5, 0.6) is 0 Å². The first-order chi connectivity index (χ1) is 10.5. The van der Waals surface area contributed by atoms with E-state index in [9.17, 15) is 10.2 Å². The summed E-state index contributed by atoms with van der Waals surface area (Å²) in [5, 5.41) is 19.7. The van der Waals surface area contributed by atoms with Crippen LogP contribution >= 0.6 is 0 Å². The van der Waals surface area contributed by atoms with Gasteiger partial charge in [-0.05, 0) is 18.1 Å². The Morgan fingerprint density at radius 2 is 1.86 bits per heavy atom. The fourth-order valence-electron chi connectivity index (χ4n) is 3.28. The highest BCUT2D eigenvalue weighted by Gasteiger charge is 2.25. The van der Waals surface area contributed by atoms with E-state index in [0.717, 1.165) is 23.4 Å². The number of β-amino-alcohol motifs (C(OH)–C–C–N with tert-alkyl or cyclic N) is 2. The quantitative estimate of drug-likeness (QED) is 0.901. The van der Waals surface area contributed by atoms with E-state index in [1.807, 2.05) is 18.2 Å². The monoisotopic (exact) mass is 303 g/mol. The van der Waals surface area contributed by atoms with Crippen molar-refractivity contribution in [1.29, 1.82) is 0 Å². The lowest BCUT2D eigenvalue weighted by molar-refractivity contribution is -0.0122. The first-order valence-corrected chi connectivity index (χ1v) is 8.05. The number of likely N-dealkylation sites (tertiary alicyclic amines) is 1. The molecule has 1 aliphatic heterocycles. The number of aliphatic hydroxyl groups is 2. The van der Waals surface area contributed by atoms with Gasteiger partial charge in [-0.25, -0.2) is 4.98 Å². The molecule has 2 N–H and O–H groups in total. The van der Waals surface area contributed by atoms with Crippen LogP contribution < -0.4 is 0 Å². The molecule has 1 fully saturated rings. The van der Waals surface area contributed by atoms with Crippen molar-refractivity contribution in [2.75, 3.05) is 13.1 Å². The molecule has 0 unspecified atom stereocenters. The highest BCUT2D eigenvalue weighted by molar-refractivity contribution is 5.75. The minimum Gasteiger partial charge on any atom is -0.392 e. The normalized spacial score (nSPS) is 23.5. The van der Waals surface area contributed by atoms with Crippen LogP contribution in [0.1, 0.15) is 26.1 Å². The van der Waals surface area contributed by atoms with Crippen molar-refractivity contribution in [2.24, 2.45) is 5.92 Å². The van der Waals surface area contributed by atoms with Gasteiger partial charge in [-0.2, -0.15) is 0 Å². The van der Waals surface area contributed by atoms with E-state index < -0.39 is 12.2 Å². The second-order valence-electron chi connectivity index (χ2n) is 6.76. The van der Waals surface area contributed by atoms with E-state index in [4.69, 9.17) is 4.98 Å². The Balaban J connectivity index is 1.89. The summed E-state index contributed by atoms with van der Waals surface area (Å²) < 4.78 is 2.27. The summed E-state index contributed by atoms with van der Waals surface area (Å²) in [6.07, 6.45) is -0.433. The summed E-state index contributed by atoms with van der Waals surface area (Å²) >= 11 is 0. The van der Waals surface area contributed by atoms with Gasteiger partial charge < -0.3 is 14.8 Å². The van der Waals surface area contributed by atoms with Crippen molar-refractivity contribution in [3.05, 3.63) is 30.1 Å². The number of benzene rings is 1. The zero-order valence-electron chi connectivity index (χ0n) is 13.3. The van der Waals surface area contributed by atoms with Crippen LogP contribution in [0.2, 0.25) is 0 Å². The van der Waals surface area contributed by atoms with Gasteiger partial charge in [0.25, 0.3) is 0 Å². The summed E-state index contributed by atoms with van der Waals surface area (Å²) in [5.74, 6) is 1.55. The Labute approximate surface area is 131 Å². The van der Waals surface area contributed by atoms with E-state index in [0.29, 0.717) is 32.0 Å². The molecule has 1 saturated heterocycles.